The highest BCUT2D eigenvalue weighted by molar-refractivity contribution is 4.82. The van der Waals surface area contributed by atoms with Crippen molar-refractivity contribution in [3.8, 4) is 0 Å². The van der Waals surface area contributed by atoms with Crippen LogP contribution in [0.5, 0.6) is 0 Å². The van der Waals surface area contributed by atoms with Gasteiger partial charge in [-0.1, -0.05) is 27.2 Å². The first-order chi connectivity index (χ1) is 8.17. The summed E-state index contributed by atoms with van der Waals surface area (Å²) in [7, 11) is 1.82. The van der Waals surface area contributed by atoms with Gasteiger partial charge in [0.1, 0.15) is 0 Å². The molecule has 1 aliphatic rings. The van der Waals surface area contributed by atoms with Crippen LogP contribution in [-0.4, -0.2) is 50.3 Å². The minimum absolute atomic E-state index is 0.606. The van der Waals surface area contributed by atoms with Crippen molar-refractivity contribution in [3.63, 3.8) is 0 Å². The van der Waals surface area contributed by atoms with Crippen molar-refractivity contribution >= 4 is 0 Å². The van der Waals surface area contributed by atoms with Crippen LogP contribution in [-0.2, 0) is 4.74 Å². The third kappa shape index (κ3) is 5.36. The lowest BCUT2D eigenvalue weighted by Crippen LogP contribution is -2.38. The van der Waals surface area contributed by atoms with Crippen LogP contribution in [0.2, 0.25) is 0 Å². The second kappa shape index (κ2) is 8.06. The predicted molar refractivity (Wildman–Crippen MR) is 73.4 cm³/mol. The molecule has 2 unspecified atom stereocenters. The van der Waals surface area contributed by atoms with E-state index in [4.69, 9.17) is 4.74 Å². The first-order valence-corrected chi connectivity index (χ1v) is 7.13. The third-order valence-electron chi connectivity index (χ3n) is 3.63. The van der Waals surface area contributed by atoms with Gasteiger partial charge in [0.2, 0.25) is 0 Å². The Bertz CT molecular complexity index is 191. The molecule has 102 valence electrons. The second-order valence-corrected chi connectivity index (χ2v) is 5.61. The van der Waals surface area contributed by atoms with Crippen molar-refractivity contribution in [1.82, 2.24) is 10.2 Å². The zero-order valence-corrected chi connectivity index (χ0v) is 12.0. The van der Waals surface area contributed by atoms with Gasteiger partial charge in [-0.05, 0) is 31.8 Å². The van der Waals surface area contributed by atoms with Gasteiger partial charge in [0, 0.05) is 25.7 Å². The quantitative estimate of drug-likeness (QED) is 0.705. The van der Waals surface area contributed by atoms with Crippen molar-refractivity contribution in [3.05, 3.63) is 0 Å². The fourth-order valence-electron chi connectivity index (χ4n) is 2.66. The molecule has 0 bridgehead atoms. The molecule has 1 rings (SSSR count). The van der Waals surface area contributed by atoms with E-state index in [1.165, 1.54) is 38.9 Å². The van der Waals surface area contributed by atoms with Gasteiger partial charge < -0.3 is 10.1 Å². The van der Waals surface area contributed by atoms with Crippen LogP contribution in [0.15, 0.2) is 0 Å². The summed E-state index contributed by atoms with van der Waals surface area (Å²) in [5.74, 6) is 0.827. The van der Waals surface area contributed by atoms with E-state index in [1.54, 1.807) is 0 Å². The van der Waals surface area contributed by atoms with Crippen molar-refractivity contribution in [2.24, 2.45) is 5.92 Å². The first-order valence-electron chi connectivity index (χ1n) is 7.13. The Morgan fingerprint density at radius 1 is 1.41 bits per heavy atom. The molecular formula is C14H30N2O. The Labute approximate surface area is 107 Å². The Morgan fingerprint density at radius 2 is 2.18 bits per heavy atom. The van der Waals surface area contributed by atoms with Crippen molar-refractivity contribution in [2.45, 2.75) is 52.1 Å². The molecule has 3 heteroatoms. The Kier molecular flexibility index (Phi) is 7.09. The molecule has 0 aromatic rings. The zero-order valence-electron chi connectivity index (χ0n) is 12.0. The number of nitrogens with zero attached hydrogens (tertiary/aromatic N) is 1. The highest BCUT2D eigenvalue weighted by Crippen LogP contribution is 2.20. The molecule has 0 spiro atoms. The molecule has 17 heavy (non-hydrogen) atoms. The molecular weight excluding hydrogens is 212 g/mol. The minimum atomic E-state index is 0.606. The van der Waals surface area contributed by atoms with E-state index in [0.717, 1.165) is 12.5 Å². The third-order valence-corrected chi connectivity index (χ3v) is 3.63. The molecule has 1 aliphatic heterocycles. The van der Waals surface area contributed by atoms with E-state index < -0.39 is 0 Å². The van der Waals surface area contributed by atoms with Crippen LogP contribution in [0.25, 0.3) is 0 Å². The minimum Gasteiger partial charge on any atom is -0.383 e. The van der Waals surface area contributed by atoms with Gasteiger partial charge in [-0.3, -0.25) is 4.90 Å². The summed E-state index contributed by atoms with van der Waals surface area (Å²) in [6.07, 6.45) is 3.85. The summed E-state index contributed by atoms with van der Waals surface area (Å²) >= 11 is 0. The van der Waals surface area contributed by atoms with E-state index >= 15 is 0 Å². The van der Waals surface area contributed by atoms with Gasteiger partial charge in [0.25, 0.3) is 0 Å². The molecule has 0 aromatic heterocycles. The van der Waals surface area contributed by atoms with E-state index in [9.17, 15) is 0 Å². The molecule has 1 N–H and O–H groups in total. The fourth-order valence-corrected chi connectivity index (χ4v) is 2.66. The lowest BCUT2D eigenvalue weighted by Gasteiger charge is -2.27. The Hall–Kier alpha value is -0.120. The molecule has 3 nitrogen and oxygen atoms in total. The smallest absolute Gasteiger partial charge is 0.0618 e. The molecule has 2 atom stereocenters. The number of rotatable bonds is 8. The second-order valence-electron chi connectivity index (χ2n) is 5.61. The number of ether oxygens (including phenoxy) is 1. The summed E-state index contributed by atoms with van der Waals surface area (Å²) in [6, 6.07) is 1.24. The molecule has 0 saturated carbocycles. The maximum Gasteiger partial charge on any atom is 0.0618 e. The number of hydrogen-bond donors (Lipinski definition) is 1. The molecule has 1 saturated heterocycles. The normalized spacial score (nSPS) is 23.5. The van der Waals surface area contributed by atoms with Gasteiger partial charge in [0.15, 0.2) is 0 Å². The average Bonchev–Trinajstić information content (AvgIpc) is 2.74. The van der Waals surface area contributed by atoms with Gasteiger partial charge in [-0.15, -0.1) is 0 Å². The lowest BCUT2D eigenvalue weighted by molar-refractivity contribution is 0.0971. The fraction of sp³-hybridized carbons (Fsp3) is 1.00. The summed E-state index contributed by atoms with van der Waals surface area (Å²) in [5.41, 5.74) is 0. The summed E-state index contributed by atoms with van der Waals surface area (Å²) in [6.45, 7) is 11.2. The highest BCUT2D eigenvalue weighted by atomic mass is 16.5. The molecule has 1 heterocycles. The molecule has 0 aliphatic carbocycles. The van der Waals surface area contributed by atoms with Crippen molar-refractivity contribution in [2.75, 3.05) is 33.4 Å². The van der Waals surface area contributed by atoms with Crippen LogP contribution in [0, 0.1) is 5.92 Å². The Balaban J connectivity index is 2.31. The zero-order chi connectivity index (χ0) is 12.7. The number of likely N-dealkylation sites (tertiary alicyclic amines) is 1. The predicted octanol–water partition coefficient (Wildman–Crippen LogP) is 2.12. The maximum absolute atomic E-state index is 5.35. The van der Waals surface area contributed by atoms with E-state index in [-0.39, 0.29) is 0 Å². The van der Waals surface area contributed by atoms with Gasteiger partial charge in [-0.25, -0.2) is 0 Å². The maximum atomic E-state index is 5.35. The Morgan fingerprint density at radius 3 is 2.76 bits per heavy atom. The molecule has 0 amide bonds. The van der Waals surface area contributed by atoms with Gasteiger partial charge >= 0.3 is 0 Å². The van der Waals surface area contributed by atoms with Crippen molar-refractivity contribution < 1.29 is 4.74 Å². The number of hydrogen-bond acceptors (Lipinski definition) is 3. The topological polar surface area (TPSA) is 24.5 Å². The van der Waals surface area contributed by atoms with Gasteiger partial charge in [-0.2, -0.15) is 0 Å². The lowest BCUT2D eigenvalue weighted by atomic mass is 10.1. The number of nitrogens with one attached hydrogen (secondary N) is 1. The standard InChI is InChI=1S/C14H30N2O/c1-5-6-14(11-17-4)16-8-7-13(10-16)9-15-12(2)3/h12-15H,5-11H2,1-4H3. The highest BCUT2D eigenvalue weighted by Gasteiger charge is 2.27. The summed E-state index contributed by atoms with van der Waals surface area (Å²) < 4.78 is 5.35. The van der Waals surface area contributed by atoms with Crippen LogP contribution in [0.4, 0.5) is 0 Å². The van der Waals surface area contributed by atoms with Crippen LogP contribution in [0.1, 0.15) is 40.0 Å². The number of methoxy groups -OCH3 is 1. The largest absolute Gasteiger partial charge is 0.383 e. The van der Waals surface area contributed by atoms with Crippen LogP contribution >= 0.6 is 0 Å². The van der Waals surface area contributed by atoms with E-state index in [0.29, 0.717) is 12.1 Å². The molecule has 0 radical (unpaired) electrons. The van der Waals surface area contributed by atoms with Crippen molar-refractivity contribution in [1.29, 1.82) is 0 Å². The van der Waals surface area contributed by atoms with E-state index in [1.807, 2.05) is 7.11 Å². The van der Waals surface area contributed by atoms with Gasteiger partial charge in [0.05, 0.1) is 6.61 Å². The van der Waals surface area contributed by atoms with Crippen LogP contribution in [0.3, 0.4) is 0 Å². The monoisotopic (exact) mass is 242 g/mol. The first kappa shape index (κ1) is 14.9. The van der Waals surface area contributed by atoms with E-state index in [2.05, 4.69) is 31.0 Å². The summed E-state index contributed by atoms with van der Waals surface area (Å²) in [5, 5.41) is 3.55. The molecule has 0 aromatic carbocycles. The summed E-state index contributed by atoms with van der Waals surface area (Å²) in [4.78, 5) is 2.62. The van der Waals surface area contributed by atoms with Crippen LogP contribution < -0.4 is 5.32 Å². The average molecular weight is 242 g/mol. The molecule has 1 fully saturated rings. The SMILES string of the molecule is CCCC(COC)N1CCC(CNC(C)C)C1.